The van der Waals surface area contributed by atoms with Gasteiger partial charge in [-0.25, -0.2) is 0 Å². The molecule has 3 aromatic rings. The quantitative estimate of drug-likeness (QED) is 0.547. The molecule has 5 rings (SSSR count). The first-order valence-electron chi connectivity index (χ1n) is 11.0. The number of anilines is 1. The van der Waals surface area contributed by atoms with Crippen LogP contribution < -0.4 is 24.4 Å². The zero-order valence-electron chi connectivity index (χ0n) is 18.3. The highest BCUT2D eigenvalue weighted by molar-refractivity contribution is 6.31. The van der Waals surface area contributed by atoms with Gasteiger partial charge in [0.1, 0.15) is 12.4 Å². The smallest absolute Gasteiger partial charge is 0.231 e. The van der Waals surface area contributed by atoms with Crippen LogP contribution in [-0.4, -0.2) is 25.2 Å². The maximum atomic E-state index is 12.7. The van der Waals surface area contributed by atoms with Crippen molar-refractivity contribution >= 4 is 29.1 Å². The van der Waals surface area contributed by atoms with Crippen LogP contribution in [0.15, 0.2) is 66.7 Å². The molecule has 1 N–H and O–H groups in total. The van der Waals surface area contributed by atoms with E-state index in [4.69, 9.17) is 25.8 Å². The van der Waals surface area contributed by atoms with Crippen LogP contribution in [0.3, 0.4) is 0 Å². The van der Waals surface area contributed by atoms with E-state index in [-0.39, 0.29) is 25.0 Å². The van der Waals surface area contributed by atoms with Gasteiger partial charge in [-0.15, -0.1) is 0 Å². The van der Waals surface area contributed by atoms with E-state index in [9.17, 15) is 9.59 Å². The first-order valence-corrected chi connectivity index (χ1v) is 11.4. The first-order chi connectivity index (χ1) is 16.6. The highest BCUT2D eigenvalue weighted by Gasteiger charge is 2.35. The summed E-state index contributed by atoms with van der Waals surface area (Å²) < 4.78 is 16.5. The summed E-state index contributed by atoms with van der Waals surface area (Å²) >= 11 is 6.17. The van der Waals surface area contributed by atoms with Crippen LogP contribution in [-0.2, 0) is 22.7 Å². The number of ether oxygens (including phenoxy) is 3. The topological polar surface area (TPSA) is 77.1 Å². The van der Waals surface area contributed by atoms with E-state index < -0.39 is 5.92 Å². The third-order valence-electron chi connectivity index (χ3n) is 5.90. The molecule has 2 heterocycles. The molecule has 0 saturated carbocycles. The third kappa shape index (κ3) is 4.79. The fourth-order valence-corrected chi connectivity index (χ4v) is 4.21. The zero-order chi connectivity index (χ0) is 23.5. The Morgan fingerprint density at radius 2 is 1.85 bits per heavy atom. The number of carbonyl (C=O) groups excluding carboxylic acids is 2. The van der Waals surface area contributed by atoms with Gasteiger partial charge >= 0.3 is 0 Å². The number of benzene rings is 3. The molecule has 1 fully saturated rings. The summed E-state index contributed by atoms with van der Waals surface area (Å²) in [5, 5.41) is 3.58. The van der Waals surface area contributed by atoms with Crippen molar-refractivity contribution in [3.63, 3.8) is 0 Å². The van der Waals surface area contributed by atoms with Crippen molar-refractivity contribution in [1.82, 2.24) is 5.32 Å². The fourth-order valence-electron chi connectivity index (χ4n) is 4.02. The van der Waals surface area contributed by atoms with Crippen molar-refractivity contribution in [3.8, 4) is 17.2 Å². The lowest BCUT2D eigenvalue weighted by Crippen LogP contribution is -2.32. The molecule has 7 nitrogen and oxygen atoms in total. The summed E-state index contributed by atoms with van der Waals surface area (Å²) in [4.78, 5) is 26.9. The number of halogens is 1. The van der Waals surface area contributed by atoms with Gasteiger partial charge < -0.3 is 24.4 Å². The van der Waals surface area contributed by atoms with E-state index in [1.165, 1.54) is 0 Å². The van der Waals surface area contributed by atoms with E-state index in [0.717, 1.165) is 16.8 Å². The number of carbonyl (C=O) groups is 2. The molecule has 1 atom stereocenters. The van der Waals surface area contributed by atoms with Crippen LogP contribution in [0.4, 0.5) is 5.69 Å². The molecule has 2 aliphatic rings. The molecule has 1 saturated heterocycles. The second kappa shape index (κ2) is 9.65. The lowest BCUT2D eigenvalue weighted by atomic mass is 10.1. The lowest BCUT2D eigenvalue weighted by Gasteiger charge is -2.17. The molecular weight excluding hydrogens is 456 g/mol. The highest BCUT2D eigenvalue weighted by atomic mass is 35.5. The Hall–Kier alpha value is -3.71. The molecule has 0 unspecified atom stereocenters. The Morgan fingerprint density at radius 1 is 1.06 bits per heavy atom. The second-order valence-corrected chi connectivity index (χ2v) is 8.59. The van der Waals surface area contributed by atoms with E-state index in [1.807, 2.05) is 66.7 Å². The van der Waals surface area contributed by atoms with Gasteiger partial charge in [0.2, 0.25) is 18.6 Å². The Kier molecular flexibility index (Phi) is 6.27. The maximum absolute atomic E-state index is 12.7. The number of nitrogens with one attached hydrogen (secondary N) is 1. The number of hydrogen-bond donors (Lipinski definition) is 1. The average Bonchev–Trinajstić information content (AvgIpc) is 3.48. The standard InChI is InChI=1S/C26H23ClN2O5/c27-22-4-2-1-3-18(22)15-32-21-8-6-20(7-9-21)29-14-19(12-25(29)30)26(31)28-13-17-5-10-23-24(11-17)34-16-33-23/h1-11,19H,12-16H2,(H,28,31)/t19-/m1/s1. The Morgan fingerprint density at radius 3 is 2.68 bits per heavy atom. The van der Waals surface area contributed by atoms with Crippen molar-refractivity contribution in [2.24, 2.45) is 5.92 Å². The predicted molar refractivity (Wildman–Crippen MR) is 127 cm³/mol. The number of amides is 2. The molecule has 0 bridgehead atoms. The fraction of sp³-hybridized carbons (Fsp3) is 0.231. The minimum absolute atomic E-state index is 0.0760. The SMILES string of the molecule is O=C(NCc1ccc2c(c1)OCO2)[C@@H]1CC(=O)N(c2ccc(OCc3ccccc3Cl)cc2)C1. The summed E-state index contributed by atoms with van der Waals surface area (Å²) in [7, 11) is 0. The van der Waals surface area contributed by atoms with Crippen LogP contribution in [0.2, 0.25) is 5.02 Å². The van der Waals surface area contributed by atoms with Crippen molar-refractivity contribution in [1.29, 1.82) is 0 Å². The molecule has 34 heavy (non-hydrogen) atoms. The van der Waals surface area contributed by atoms with E-state index in [1.54, 1.807) is 4.90 Å². The van der Waals surface area contributed by atoms with Crippen LogP contribution >= 0.6 is 11.6 Å². The molecule has 0 radical (unpaired) electrons. The number of nitrogens with zero attached hydrogens (tertiary/aromatic N) is 1. The third-order valence-corrected chi connectivity index (χ3v) is 6.27. The normalized spacial score (nSPS) is 16.6. The van der Waals surface area contributed by atoms with Gasteiger partial charge in [0.25, 0.3) is 0 Å². The van der Waals surface area contributed by atoms with Crippen molar-refractivity contribution in [3.05, 3.63) is 82.9 Å². The molecule has 0 aromatic heterocycles. The molecule has 8 heteroatoms. The molecule has 2 aliphatic heterocycles. The number of rotatable bonds is 7. The lowest BCUT2D eigenvalue weighted by molar-refractivity contribution is -0.126. The molecule has 3 aromatic carbocycles. The minimum Gasteiger partial charge on any atom is -0.489 e. The highest BCUT2D eigenvalue weighted by Crippen LogP contribution is 2.32. The second-order valence-electron chi connectivity index (χ2n) is 8.18. The Balaban J connectivity index is 1.15. The van der Waals surface area contributed by atoms with Gasteiger partial charge in [-0.3, -0.25) is 9.59 Å². The molecule has 0 spiro atoms. The monoisotopic (exact) mass is 478 g/mol. The Labute approximate surface area is 202 Å². The van der Waals surface area contributed by atoms with Gasteiger partial charge in [0.05, 0.1) is 5.92 Å². The van der Waals surface area contributed by atoms with Crippen molar-refractivity contribution in [2.45, 2.75) is 19.6 Å². The summed E-state index contributed by atoms with van der Waals surface area (Å²) in [6.45, 7) is 1.26. The van der Waals surface area contributed by atoms with E-state index >= 15 is 0 Å². The van der Waals surface area contributed by atoms with Crippen LogP contribution in [0.25, 0.3) is 0 Å². The van der Waals surface area contributed by atoms with Crippen LogP contribution in [0.1, 0.15) is 17.5 Å². The van der Waals surface area contributed by atoms with Crippen molar-refractivity contribution in [2.75, 3.05) is 18.2 Å². The average molecular weight is 479 g/mol. The largest absolute Gasteiger partial charge is 0.489 e. The van der Waals surface area contributed by atoms with Gasteiger partial charge in [-0.1, -0.05) is 35.9 Å². The summed E-state index contributed by atoms with van der Waals surface area (Å²) in [5.41, 5.74) is 2.55. The van der Waals surface area contributed by atoms with Gasteiger partial charge in [-0.05, 0) is 48.0 Å². The molecule has 2 amide bonds. The minimum atomic E-state index is -0.405. The van der Waals surface area contributed by atoms with Gasteiger partial charge in [0.15, 0.2) is 11.5 Å². The molecular formula is C26H23ClN2O5. The van der Waals surface area contributed by atoms with Crippen LogP contribution in [0.5, 0.6) is 17.2 Å². The van der Waals surface area contributed by atoms with Crippen molar-refractivity contribution < 1.29 is 23.8 Å². The molecule has 174 valence electrons. The van der Waals surface area contributed by atoms with Crippen LogP contribution in [0, 0.1) is 5.92 Å². The van der Waals surface area contributed by atoms with E-state index in [2.05, 4.69) is 5.32 Å². The Bertz CT molecular complexity index is 1210. The molecule has 0 aliphatic carbocycles. The maximum Gasteiger partial charge on any atom is 0.231 e. The first kappa shape index (κ1) is 22.1. The summed E-state index contributed by atoms with van der Waals surface area (Å²) in [6.07, 6.45) is 0.178. The van der Waals surface area contributed by atoms with Gasteiger partial charge in [0, 0.05) is 35.8 Å². The predicted octanol–water partition coefficient (Wildman–Crippen LogP) is 4.32. The van der Waals surface area contributed by atoms with Gasteiger partial charge in [-0.2, -0.15) is 0 Å². The number of hydrogen-bond acceptors (Lipinski definition) is 5. The summed E-state index contributed by atoms with van der Waals surface area (Å²) in [5.74, 6) is 1.42. The summed E-state index contributed by atoms with van der Waals surface area (Å²) in [6, 6.07) is 20.4. The number of fused-ring (bicyclic) bond motifs is 1. The van der Waals surface area contributed by atoms with E-state index in [0.29, 0.717) is 42.0 Å². The zero-order valence-corrected chi connectivity index (χ0v) is 19.1.